The average Bonchev–Trinajstić information content (AvgIpc) is 3.23. The van der Waals surface area contributed by atoms with Crippen molar-refractivity contribution in [2.45, 2.75) is 6.04 Å². The van der Waals surface area contributed by atoms with Crippen LogP contribution in [0.4, 0.5) is 0 Å². The Kier molecular flexibility index (Phi) is 6.20. The van der Waals surface area contributed by atoms with Crippen molar-refractivity contribution in [3.8, 4) is 17.2 Å². The van der Waals surface area contributed by atoms with Gasteiger partial charge in [-0.2, -0.15) is 0 Å². The van der Waals surface area contributed by atoms with Crippen molar-refractivity contribution in [2.24, 2.45) is 10.2 Å². The van der Waals surface area contributed by atoms with E-state index in [0.29, 0.717) is 26.6 Å². The standard InChI is InChI=1S/C27H23N3O4S/c1-32-20-14-17(15-21(33-2)25(20)34-3)16-22-26(31)30-24(19-12-8-5-9-13-19)23(28-29-27(30)35-22)18-10-6-4-7-11-18/h4-16,24H,1-3H3. The third-order valence-electron chi connectivity index (χ3n) is 5.77. The number of hydrogen-bond donors (Lipinski definition) is 0. The topological polar surface area (TPSA) is 74.4 Å². The molecule has 1 aliphatic heterocycles. The highest BCUT2D eigenvalue weighted by Gasteiger charge is 2.28. The number of nitrogens with zero attached hydrogens (tertiary/aromatic N) is 3. The number of aromatic nitrogens is 1. The van der Waals surface area contributed by atoms with Gasteiger partial charge >= 0.3 is 0 Å². The van der Waals surface area contributed by atoms with Gasteiger partial charge in [-0.3, -0.25) is 9.36 Å². The molecule has 176 valence electrons. The van der Waals surface area contributed by atoms with Crippen LogP contribution in [0.15, 0.2) is 87.8 Å². The van der Waals surface area contributed by atoms with Crippen LogP contribution in [0.1, 0.15) is 22.7 Å². The van der Waals surface area contributed by atoms with Gasteiger partial charge in [0.15, 0.2) is 11.5 Å². The Morgan fingerprint density at radius 2 is 1.49 bits per heavy atom. The molecule has 2 heterocycles. The fourth-order valence-corrected chi connectivity index (χ4v) is 5.11. The summed E-state index contributed by atoms with van der Waals surface area (Å²) in [7, 11) is 4.68. The third kappa shape index (κ3) is 4.13. The number of benzene rings is 3. The minimum Gasteiger partial charge on any atom is -0.493 e. The molecule has 0 fully saturated rings. The van der Waals surface area contributed by atoms with Crippen LogP contribution >= 0.6 is 11.3 Å². The molecule has 1 unspecified atom stereocenters. The number of ether oxygens (including phenoxy) is 3. The second-order valence-corrected chi connectivity index (χ2v) is 8.80. The summed E-state index contributed by atoms with van der Waals surface area (Å²) in [6.07, 6.45) is 1.81. The van der Waals surface area contributed by atoms with Gasteiger partial charge in [0, 0.05) is 5.56 Å². The molecule has 0 saturated heterocycles. The Morgan fingerprint density at radius 3 is 2.09 bits per heavy atom. The van der Waals surface area contributed by atoms with Crippen molar-refractivity contribution in [1.82, 2.24) is 4.57 Å². The van der Waals surface area contributed by atoms with Crippen LogP contribution < -0.4 is 29.1 Å². The molecule has 7 nitrogen and oxygen atoms in total. The number of rotatable bonds is 6. The number of methoxy groups -OCH3 is 3. The van der Waals surface area contributed by atoms with Crippen molar-refractivity contribution in [3.05, 3.63) is 109 Å². The first kappa shape index (κ1) is 22.6. The maximum Gasteiger partial charge on any atom is 0.271 e. The van der Waals surface area contributed by atoms with Crippen LogP contribution in [0.3, 0.4) is 0 Å². The van der Waals surface area contributed by atoms with Crippen LogP contribution in [-0.4, -0.2) is 31.6 Å². The van der Waals surface area contributed by atoms with E-state index in [1.54, 1.807) is 25.9 Å². The maximum atomic E-state index is 13.8. The van der Waals surface area contributed by atoms with E-state index in [-0.39, 0.29) is 5.56 Å². The summed E-state index contributed by atoms with van der Waals surface area (Å²) in [5.41, 5.74) is 3.22. The first-order chi connectivity index (χ1) is 17.1. The van der Waals surface area contributed by atoms with Gasteiger partial charge in [0.05, 0.1) is 31.6 Å². The zero-order chi connectivity index (χ0) is 24.4. The summed E-state index contributed by atoms with van der Waals surface area (Å²) in [6.45, 7) is 0. The molecule has 0 spiro atoms. The molecule has 1 aliphatic rings. The predicted octanol–water partition coefficient (Wildman–Crippen LogP) is 3.39. The second kappa shape index (κ2) is 9.60. The van der Waals surface area contributed by atoms with E-state index in [9.17, 15) is 4.79 Å². The molecule has 5 rings (SSSR count). The monoisotopic (exact) mass is 485 g/mol. The quantitative estimate of drug-likeness (QED) is 0.420. The molecule has 1 atom stereocenters. The van der Waals surface area contributed by atoms with Crippen LogP contribution in [-0.2, 0) is 0 Å². The van der Waals surface area contributed by atoms with Gasteiger partial charge in [-0.15, -0.1) is 10.2 Å². The molecule has 35 heavy (non-hydrogen) atoms. The molecule has 8 heteroatoms. The lowest BCUT2D eigenvalue weighted by atomic mass is 9.96. The summed E-state index contributed by atoms with van der Waals surface area (Å²) >= 11 is 1.30. The molecular weight excluding hydrogens is 462 g/mol. The first-order valence-corrected chi connectivity index (χ1v) is 11.7. The van der Waals surface area contributed by atoms with Gasteiger partial charge in [0.2, 0.25) is 10.6 Å². The van der Waals surface area contributed by atoms with Crippen molar-refractivity contribution >= 4 is 23.1 Å². The van der Waals surface area contributed by atoms with Gasteiger partial charge in [-0.1, -0.05) is 72.0 Å². The Labute approximate surface area is 205 Å². The highest BCUT2D eigenvalue weighted by atomic mass is 32.1. The van der Waals surface area contributed by atoms with Gasteiger partial charge in [-0.05, 0) is 29.3 Å². The Hall–Kier alpha value is -4.17. The SMILES string of the molecule is COc1cc(C=c2sc3n(c2=O)C(c2ccccc2)C(c2ccccc2)=NN=3)cc(OC)c1OC. The lowest BCUT2D eigenvalue weighted by Gasteiger charge is -2.22. The van der Waals surface area contributed by atoms with Crippen molar-refractivity contribution < 1.29 is 14.2 Å². The second-order valence-electron chi connectivity index (χ2n) is 7.79. The Morgan fingerprint density at radius 1 is 0.857 bits per heavy atom. The van der Waals surface area contributed by atoms with Crippen LogP contribution in [0.25, 0.3) is 6.08 Å². The molecule has 1 aromatic heterocycles. The molecule has 0 N–H and O–H groups in total. The van der Waals surface area contributed by atoms with Gasteiger partial charge in [0.1, 0.15) is 6.04 Å². The van der Waals surface area contributed by atoms with E-state index in [2.05, 4.69) is 10.2 Å². The van der Waals surface area contributed by atoms with Crippen molar-refractivity contribution in [2.75, 3.05) is 21.3 Å². The first-order valence-electron chi connectivity index (χ1n) is 10.9. The molecule has 0 saturated carbocycles. The summed E-state index contributed by atoms with van der Waals surface area (Å²) in [4.78, 5) is 14.3. The van der Waals surface area contributed by atoms with Crippen molar-refractivity contribution in [1.29, 1.82) is 0 Å². The zero-order valence-electron chi connectivity index (χ0n) is 19.5. The highest BCUT2D eigenvalue weighted by molar-refractivity contribution is 7.07. The third-order valence-corrected chi connectivity index (χ3v) is 6.74. The van der Waals surface area contributed by atoms with Crippen LogP contribution in [0.5, 0.6) is 17.2 Å². The minimum atomic E-state index is -0.392. The summed E-state index contributed by atoms with van der Waals surface area (Å²) in [5.74, 6) is 1.52. The molecule has 3 aromatic carbocycles. The van der Waals surface area contributed by atoms with Gasteiger partial charge < -0.3 is 14.2 Å². The molecule has 4 aromatic rings. The van der Waals surface area contributed by atoms with E-state index in [4.69, 9.17) is 14.2 Å². The number of hydrogen-bond acceptors (Lipinski definition) is 7. The van der Waals surface area contributed by atoms with E-state index in [1.807, 2.05) is 78.9 Å². The zero-order valence-corrected chi connectivity index (χ0v) is 20.3. The van der Waals surface area contributed by atoms with Crippen molar-refractivity contribution in [3.63, 3.8) is 0 Å². The molecule has 0 radical (unpaired) electrons. The molecular formula is C27H23N3O4S. The van der Waals surface area contributed by atoms with Gasteiger partial charge in [-0.25, -0.2) is 0 Å². The molecule has 0 aliphatic carbocycles. The minimum absolute atomic E-state index is 0.139. The van der Waals surface area contributed by atoms with Crippen LogP contribution in [0, 0.1) is 0 Å². The normalized spacial score (nSPS) is 15.1. The smallest absolute Gasteiger partial charge is 0.271 e. The number of fused-ring (bicyclic) bond motifs is 1. The Balaban J connectivity index is 1.70. The maximum absolute atomic E-state index is 13.8. The molecule has 0 bridgehead atoms. The van der Waals surface area contributed by atoms with E-state index in [1.165, 1.54) is 11.3 Å². The van der Waals surface area contributed by atoms with E-state index < -0.39 is 6.04 Å². The van der Waals surface area contributed by atoms with Gasteiger partial charge in [0.25, 0.3) is 5.56 Å². The van der Waals surface area contributed by atoms with E-state index >= 15 is 0 Å². The lowest BCUT2D eigenvalue weighted by Crippen LogP contribution is -2.40. The average molecular weight is 486 g/mol. The summed E-state index contributed by atoms with van der Waals surface area (Å²) in [6, 6.07) is 22.9. The summed E-state index contributed by atoms with van der Waals surface area (Å²) in [5, 5.41) is 8.98. The predicted molar refractivity (Wildman–Crippen MR) is 137 cm³/mol. The Bertz CT molecular complexity index is 1550. The highest BCUT2D eigenvalue weighted by Crippen LogP contribution is 2.38. The fraction of sp³-hybridized carbons (Fsp3) is 0.148. The fourth-order valence-electron chi connectivity index (χ4n) is 4.16. The number of thiazole rings is 1. The molecule has 0 amide bonds. The lowest BCUT2D eigenvalue weighted by molar-refractivity contribution is 0.324. The van der Waals surface area contributed by atoms with E-state index in [0.717, 1.165) is 22.4 Å². The van der Waals surface area contributed by atoms with Crippen LogP contribution in [0.2, 0.25) is 0 Å². The summed E-state index contributed by atoms with van der Waals surface area (Å²) < 4.78 is 18.6. The largest absolute Gasteiger partial charge is 0.493 e.